The maximum absolute atomic E-state index is 12.3. The second kappa shape index (κ2) is 9.22. The summed E-state index contributed by atoms with van der Waals surface area (Å²) in [7, 11) is 0. The zero-order chi connectivity index (χ0) is 20.8. The number of aromatic nitrogens is 1. The topological polar surface area (TPSA) is 92.1 Å². The lowest BCUT2D eigenvalue weighted by Gasteiger charge is -2.08. The Balaban J connectivity index is 1.70. The summed E-state index contributed by atoms with van der Waals surface area (Å²) in [5.41, 5.74) is 2.34. The van der Waals surface area contributed by atoms with E-state index in [2.05, 4.69) is 16.4 Å². The van der Waals surface area contributed by atoms with Crippen LogP contribution in [-0.2, 0) is 4.79 Å². The lowest BCUT2D eigenvalue weighted by atomic mass is 10.1. The first kappa shape index (κ1) is 20.4. The number of Topliss-reactive ketones (excluding diaryl/α,β-unsaturated/α-hetero) is 1. The van der Waals surface area contributed by atoms with E-state index in [4.69, 9.17) is 4.74 Å². The fourth-order valence-electron chi connectivity index (χ4n) is 2.70. The number of hydrogen-bond acceptors (Lipinski definition) is 6. The summed E-state index contributed by atoms with van der Waals surface area (Å²) in [5, 5.41) is 13.6. The van der Waals surface area contributed by atoms with E-state index >= 15 is 0 Å². The quantitative estimate of drug-likeness (QED) is 0.461. The Labute approximate surface area is 172 Å². The van der Waals surface area contributed by atoms with Crippen LogP contribution in [0, 0.1) is 11.3 Å². The number of pyridine rings is 1. The number of benzene rings is 2. The molecule has 1 amide bonds. The number of amides is 1. The zero-order valence-electron chi connectivity index (χ0n) is 16.1. The van der Waals surface area contributed by atoms with E-state index in [-0.39, 0.29) is 17.4 Å². The Bertz CT molecular complexity index is 1100. The number of carbonyl (C=O) groups is 2. The van der Waals surface area contributed by atoms with Gasteiger partial charge < -0.3 is 10.1 Å². The van der Waals surface area contributed by atoms with Crippen LogP contribution >= 0.6 is 11.8 Å². The van der Waals surface area contributed by atoms with E-state index in [9.17, 15) is 14.9 Å². The Morgan fingerprint density at radius 1 is 1.17 bits per heavy atom. The van der Waals surface area contributed by atoms with Gasteiger partial charge in [0.2, 0.25) is 5.91 Å². The van der Waals surface area contributed by atoms with Crippen molar-refractivity contribution >= 4 is 40.0 Å². The van der Waals surface area contributed by atoms with Gasteiger partial charge in [-0.15, -0.1) is 0 Å². The van der Waals surface area contributed by atoms with Gasteiger partial charge in [-0.05, 0) is 62.4 Å². The molecule has 3 aromatic rings. The lowest BCUT2D eigenvalue weighted by molar-refractivity contribution is -0.113. The monoisotopic (exact) mass is 405 g/mol. The van der Waals surface area contributed by atoms with Crippen molar-refractivity contribution in [3.05, 3.63) is 59.7 Å². The van der Waals surface area contributed by atoms with Gasteiger partial charge in [0, 0.05) is 16.6 Å². The number of rotatable bonds is 7. The summed E-state index contributed by atoms with van der Waals surface area (Å²) in [6.45, 7) is 3.96. The highest BCUT2D eigenvalue weighted by Crippen LogP contribution is 2.27. The van der Waals surface area contributed by atoms with Crippen molar-refractivity contribution in [3.8, 4) is 11.8 Å². The highest BCUT2D eigenvalue weighted by atomic mass is 32.2. The van der Waals surface area contributed by atoms with Crippen LogP contribution < -0.4 is 10.1 Å². The SMILES string of the molecule is CCOc1ccc2nc(SCC(=O)Nc3ccc(C(C)=O)cc3)c(C#N)cc2c1. The first-order chi connectivity index (χ1) is 14.0. The number of anilines is 1. The predicted molar refractivity (Wildman–Crippen MR) is 113 cm³/mol. The molecule has 6 nitrogen and oxygen atoms in total. The van der Waals surface area contributed by atoms with E-state index in [1.54, 1.807) is 30.3 Å². The molecule has 29 heavy (non-hydrogen) atoms. The van der Waals surface area contributed by atoms with Crippen LogP contribution in [0.3, 0.4) is 0 Å². The fourth-order valence-corrected chi connectivity index (χ4v) is 3.47. The van der Waals surface area contributed by atoms with Crippen molar-refractivity contribution in [2.75, 3.05) is 17.7 Å². The average Bonchev–Trinajstić information content (AvgIpc) is 2.72. The van der Waals surface area contributed by atoms with Gasteiger partial charge in [0.25, 0.3) is 0 Å². The van der Waals surface area contributed by atoms with E-state index in [1.165, 1.54) is 18.7 Å². The molecule has 0 aliphatic carbocycles. The number of ketones is 1. The summed E-state index contributed by atoms with van der Waals surface area (Å²) in [6, 6.07) is 16.1. The molecule has 0 spiro atoms. The minimum absolute atomic E-state index is 0.0294. The van der Waals surface area contributed by atoms with Crippen molar-refractivity contribution in [2.45, 2.75) is 18.9 Å². The standard InChI is InChI=1S/C22H19N3O3S/c1-3-28-19-8-9-20-16(11-19)10-17(12-23)22(25-20)29-13-21(27)24-18-6-4-15(5-7-18)14(2)26/h4-11H,3,13H2,1-2H3,(H,24,27). The number of nitrogens with one attached hydrogen (secondary N) is 1. The van der Waals surface area contributed by atoms with Gasteiger partial charge in [-0.1, -0.05) is 11.8 Å². The largest absolute Gasteiger partial charge is 0.494 e. The number of hydrogen-bond donors (Lipinski definition) is 1. The third kappa shape index (κ3) is 5.12. The molecule has 0 saturated carbocycles. The molecule has 2 aromatic carbocycles. The van der Waals surface area contributed by atoms with Crippen molar-refractivity contribution in [2.24, 2.45) is 0 Å². The summed E-state index contributed by atoms with van der Waals surface area (Å²) < 4.78 is 5.49. The van der Waals surface area contributed by atoms with Crippen LogP contribution in [0.5, 0.6) is 5.75 Å². The molecule has 0 atom stereocenters. The predicted octanol–water partition coefficient (Wildman–Crippen LogP) is 4.44. The Morgan fingerprint density at radius 3 is 2.59 bits per heavy atom. The molecule has 146 valence electrons. The Kier molecular flexibility index (Phi) is 6.47. The molecule has 1 heterocycles. The smallest absolute Gasteiger partial charge is 0.234 e. The molecular formula is C22H19N3O3S. The lowest BCUT2D eigenvalue weighted by Crippen LogP contribution is -2.14. The van der Waals surface area contributed by atoms with Gasteiger partial charge in [0.05, 0.1) is 23.4 Å². The normalized spacial score (nSPS) is 10.4. The van der Waals surface area contributed by atoms with Crippen LogP contribution in [0.2, 0.25) is 0 Å². The Hall–Kier alpha value is -3.37. The van der Waals surface area contributed by atoms with Crippen molar-refractivity contribution in [1.82, 2.24) is 4.98 Å². The van der Waals surface area contributed by atoms with Crippen LogP contribution in [0.4, 0.5) is 5.69 Å². The first-order valence-corrected chi connectivity index (χ1v) is 10.00. The van der Waals surface area contributed by atoms with E-state index in [0.29, 0.717) is 28.4 Å². The number of fused-ring (bicyclic) bond motifs is 1. The third-order valence-corrected chi connectivity index (χ3v) is 5.09. The van der Waals surface area contributed by atoms with Crippen LogP contribution in [-0.4, -0.2) is 29.0 Å². The summed E-state index contributed by atoms with van der Waals surface area (Å²) in [6.07, 6.45) is 0. The molecule has 0 saturated heterocycles. The average molecular weight is 405 g/mol. The van der Waals surface area contributed by atoms with Crippen LogP contribution in [0.25, 0.3) is 10.9 Å². The highest BCUT2D eigenvalue weighted by molar-refractivity contribution is 8.00. The summed E-state index contributed by atoms with van der Waals surface area (Å²) >= 11 is 1.21. The van der Waals surface area contributed by atoms with Crippen molar-refractivity contribution in [1.29, 1.82) is 5.26 Å². The molecular weight excluding hydrogens is 386 g/mol. The molecule has 3 rings (SSSR count). The van der Waals surface area contributed by atoms with Gasteiger partial charge in [-0.3, -0.25) is 9.59 Å². The second-order valence-electron chi connectivity index (χ2n) is 6.21. The van der Waals surface area contributed by atoms with Gasteiger partial charge in [-0.2, -0.15) is 5.26 Å². The summed E-state index contributed by atoms with van der Waals surface area (Å²) in [4.78, 5) is 28.1. The number of nitrogens with zero attached hydrogens (tertiary/aromatic N) is 2. The molecule has 0 aliphatic rings. The highest BCUT2D eigenvalue weighted by Gasteiger charge is 2.11. The van der Waals surface area contributed by atoms with Gasteiger partial charge >= 0.3 is 0 Å². The van der Waals surface area contributed by atoms with Gasteiger partial charge in [0.1, 0.15) is 16.8 Å². The number of ether oxygens (including phenoxy) is 1. The molecule has 0 unspecified atom stereocenters. The number of nitriles is 1. The fraction of sp³-hybridized carbons (Fsp3) is 0.182. The van der Waals surface area contributed by atoms with Crippen molar-refractivity contribution < 1.29 is 14.3 Å². The summed E-state index contributed by atoms with van der Waals surface area (Å²) in [5.74, 6) is 0.584. The minimum atomic E-state index is -0.219. The zero-order valence-corrected chi connectivity index (χ0v) is 16.9. The third-order valence-electron chi connectivity index (χ3n) is 4.10. The molecule has 1 N–H and O–H groups in total. The first-order valence-electron chi connectivity index (χ1n) is 9.01. The molecule has 0 fully saturated rings. The van der Waals surface area contributed by atoms with Crippen molar-refractivity contribution in [3.63, 3.8) is 0 Å². The molecule has 0 radical (unpaired) electrons. The van der Waals surface area contributed by atoms with E-state index in [1.807, 2.05) is 25.1 Å². The molecule has 7 heteroatoms. The van der Waals surface area contributed by atoms with E-state index < -0.39 is 0 Å². The second-order valence-corrected chi connectivity index (χ2v) is 7.17. The maximum Gasteiger partial charge on any atom is 0.234 e. The van der Waals surface area contributed by atoms with Gasteiger partial charge in [0.15, 0.2) is 5.78 Å². The number of carbonyl (C=O) groups excluding carboxylic acids is 2. The van der Waals surface area contributed by atoms with Crippen LogP contribution in [0.1, 0.15) is 29.8 Å². The van der Waals surface area contributed by atoms with Gasteiger partial charge in [-0.25, -0.2) is 4.98 Å². The Morgan fingerprint density at radius 2 is 1.93 bits per heavy atom. The van der Waals surface area contributed by atoms with E-state index in [0.717, 1.165) is 16.7 Å². The van der Waals surface area contributed by atoms with Crippen LogP contribution in [0.15, 0.2) is 53.6 Å². The molecule has 0 bridgehead atoms. The number of thioether (sulfide) groups is 1. The minimum Gasteiger partial charge on any atom is -0.494 e. The molecule has 1 aromatic heterocycles. The maximum atomic E-state index is 12.3. The molecule has 0 aliphatic heterocycles.